The minimum Gasteiger partial charge on any atom is -0.476 e. The number of nitrogens with two attached hydrogens (primary N) is 1. The Balaban J connectivity index is 1.71. The number of hydrogen-bond donors (Lipinski definition) is 2. The second-order valence-electron chi connectivity index (χ2n) is 5.34. The van der Waals surface area contributed by atoms with Gasteiger partial charge in [0.1, 0.15) is 5.82 Å². The Morgan fingerprint density at radius 1 is 1.20 bits per heavy atom. The molecular formula is C16H19N3O. The molecule has 104 valence electrons. The molecule has 1 aliphatic carbocycles. The van der Waals surface area contributed by atoms with Crippen molar-refractivity contribution in [2.24, 2.45) is 5.92 Å². The van der Waals surface area contributed by atoms with E-state index >= 15 is 0 Å². The molecule has 0 spiro atoms. The van der Waals surface area contributed by atoms with Gasteiger partial charge in [-0.15, -0.1) is 0 Å². The van der Waals surface area contributed by atoms with Gasteiger partial charge in [-0.05, 0) is 49.9 Å². The van der Waals surface area contributed by atoms with E-state index in [0.29, 0.717) is 24.1 Å². The molecule has 0 radical (unpaired) electrons. The fourth-order valence-corrected chi connectivity index (χ4v) is 1.90. The number of rotatable bonds is 5. The lowest BCUT2D eigenvalue weighted by molar-refractivity contribution is 0.290. The summed E-state index contributed by atoms with van der Waals surface area (Å²) in [5.74, 6) is 1.95. The van der Waals surface area contributed by atoms with Gasteiger partial charge in [0.25, 0.3) is 0 Å². The van der Waals surface area contributed by atoms with Crippen molar-refractivity contribution in [1.29, 1.82) is 0 Å². The third-order valence-electron chi connectivity index (χ3n) is 3.37. The van der Waals surface area contributed by atoms with E-state index in [1.165, 1.54) is 18.4 Å². The highest BCUT2D eigenvalue weighted by Crippen LogP contribution is 2.31. The van der Waals surface area contributed by atoms with E-state index < -0.39 is 0 Å². The zero-order valence-corrected chi connectivity index (χ0v) is 11.6. The predicted molar refractivity (Wildman–Crippen MR) is 81.3 cm³/mol. The number of aromatic nitrogens is 1. The summed E-state index contributed by atoms with van der Waals surface area (Å²) in [6.45, 7) is 2.78. The number of pyridine rings is 1. The molecule has 0 saturated heterocycles. The van der Waals surface area contributed by atoms with E-state index in [9.17, 15) is 0 Å². The van der Waals surface area contributed by atoms with Crippen molar-refractivity contribution in [3.63, 3.8) is 0 Å². The largest absolute Gasteiger partial charge is 0.476 e. The molecule has 1 saturated carbocycles. The van der Waals surface area contributed by atoms with Crippen LogP contribution in [-0.2, 0) is 0 Å². The zero-order valence-electron chi connectivity index (χ0n) is 11.6. The van der Waals surface area contributed by atoms with Crippen LogP contribution in [0.4, 0.5) is 17.2 Å². The lowest BCUT2D eigenvalue weighted by Crippen LogP contribution is -2.05. The number of ether oxygens (including phenoxy) is 1. The standard InChI is InChI=1S/C16H19N3O/c1-11-2-6-13(7-3-11)18-15-9-8-14(17)16(19-15)20-10-12-4-5-12/h2-3,6-9,12H,4-5,10,17H2,1H3,(H,18,19). The molecule has 1 heterocycles. The van der Waals surface area contributed by atoms with E-state index in [-0.39, 0.29) is 0 Å². The van der Waals surface area contributed by atoms with Crippen molar-refractivity contribution < 1.29 is 4.74 Å². The zero-order chi connectivity index (χ0) is 13.9. The monoisotopic (exact) mass is 269 g/mol. The SMILES string of the molecule is Cc1ccc(Nc2ccc(N)c(OCC3CC3)n2)cc1. The summed E-state index contributed by atoms with van der Waals surface area (Å²) in [6.07, 6.45) is 2.50. The summed E-state index contributed by atoms with van der Waals surface area (Å²) in [7, 11) is 0. The van der Waals surface area contributed by atoms with Gasteiger partial charge in [-0.2, -0.15) is 4.98 Å². The van der Waals surface area contributed by atoms with E-state index in [4.69, 9.17) is 10.5 Å². The van der Waals surface area contributed by atoms with E-state index in [2.05, 4.69) is 29.4 Å². The van der Waals surface area contributed by atoms with Gasteiger partial charge >= 0.3 is 0 Å². The molecule has 3 N–H and O–H groups in total. The van der Waals surface area contributed by atoms with Crippen molar-refractivity contribution in [1.82, 2.24) is 4.98 Å². The molecule has 20 heavy (non-hydrogen) atoms. The Bertz CT molecular complexity index is 591. The van der Waals surface area contributed by atoms with Gasteiger partial charge < -0.3 is 15.8 Å². The predicted octanol–water partition coefficient (Wildman–Crippen LogP) is 3.50. The number of nitrogens with one attached hydrogen (secondary N) is 1. The van der Waals surface area contributed by atoms with Gasteiger partial charge in [0, 0.05) is 5.69 Å². The first kappa shape index (κ1) is 12.8. The summed E-state index contributed by atoms with van der Waals surface area (Å²) in [5, 5.41) is 3.26. The molecular weight excluding hydrogens is 250 g/mol. The lowest BCUT2D eigenvalue weighted by Gasteiger charge is -2.10. The first-order chi connectivity index (χ1) is 9.70. The lowest BCUT2D eigenvalue weighted by atomic mass is 10.2. The number of benzene rings is 1. The first-order valence-corrected chi connectivity index (χ1v) is 6.94. The van der Waals surface area contributed by atoms with Crippen LogP contribution in [0.15, 0.2) is 36.4 Å². The fraction of sp³-hybridized carbons (Fsp3) is 0.312. The third-order valence-corrected chi connectivity index (χ3v) is 3.37. The molecule has 0 aliphatic heterocycles. The number of hydrogen-bond acceptors (Lipinski definition) is 4. The summed E-state index contributed by atoms with van der Waals surface area (Å²) in [4.78, 5) is 4.43. The van der Waals surface area contributed by atoms with Crippen LogP contribution in [0.1, 0.15) is 18.4 Å². The van der Waals surface area contributed by atoms with Gasteiger partial charge in [-0.1, -0.05) is 17.7 Å². The summed E-state index contributed by atoms with van der Waals surface area (Å²) < 4.78 is 5.68. The van der Waals surface area contributed by atoms with Crippen molar-refractivity contribution >= 4 is 17.2 Å². The van der Waals surface area contributed by atoms with Gasteiger partial charge in [0.15, 0.2) is 0 Å². The molecule has 4 heteroatoms. The van der Waals surface area contributed by atoms with Crippen LogP contribution in [0.2, 0.25) is 0 Å². The maximum absolute atomic E-state index is 5.89. The van der Waals surface area contributed by atoms with Crippen LogP contribution in [0.5, 0.6) is 5.88 Å². The van der Waals surface area contributed by atoms with Crippen molar-refractivity contribution in [3.8, 4) is 5.88 Å². The molecule has 1 aromatic heterocycles. The number of nitrogen functional groups attached to an aromatic ring is 1. The summed E-state index contributed by atoms with van der Waals surface area (Å²) >= 11 is 0. The fourth-order valence-electron chi connectivity index (χ4n) is 1.90. The maximum atomic E-state index is 5.89. The van der Waals surface area contributed by atoms with Crippen LogP contribution in [0, 0.1) is 12.8 Å². The van der Waals surface area contributed by atoms with E-state index in [0.717, 1.165) is 11.5 Å². The van der Waals surface area contributed by atoms with Crippen molar-refractivity contribution in [2.75, 3.05) is 17.7 Å². The second-order valence-corrected chi connectivity index (χ2v) is 5.34. The normalized spacial score (nSPS) is 14.1. The van der Waals surface area contributed by atoms with Gasteiger partial charge in [-0.25, -0.2) is 0 Å². The minimum atomic E-state index is 0.522. The Labute approximate surface area is 119 Å². The van der Waals surface area contributed by atoms with Crippen molar-refractivity contribution in [3.05, 3.63) is 42.0 Å². The average molecular weight is 269 g/mol. The highest BCUT2D eigenvalue weighted by Gasteiger charge is 2.22. The molecule has 0 amide bonds. The van der Waals surface area contributed by atoms with Crippen LogP contribution >= 0.6 is 0 Å². The molecule has 1 aliphatic rings. The van der Waals surface area contributed by atoms with E-state index in [1.807, 2.05) is 24.3 Å². The topological polar surface area (TPSA) is 60.2 Å². The van der Waals surface area contributed by atoms with Crippen LogP contribution in [0.3, 0.4) is 0 Å². The number of nitrogens with zero attached hydrogens (tertiary/aromatic N) is 1. The Morgan fingerprint density at radius 2 is 1.95 bits per heavy atom. The van der Waals surface area contributed by atoms with Gasteiger partial charge in [0.05, 0.1) is 12.3 Å². The second kappa shape index (κ2) is 5.41. The maximum Gasteiger partial charge on any atom is 0.239 e. The number of anilines is 3. The Morgan fingerprint density at radius 3 is 2.65 bits per heavy atom. The highest BCUT2D eigenvalue weighted by molar-refractivity contribution is 5.60. The molecule has 0 unspecified atom stereocenters. The smallest absolute Gasteiger partial charge is 0.239 e. The molecule has 2 aromatic rings. The van der Waals surface area contributed by atoms with Crippen molar-refractivity contribution in [2.45, 2.75) is 19.8 Å². The summed E-state index contributed by atoms with van der Waals surface area (Å²) in [6, 6.07) is 11.9. The molecule has 1 fully saturated rings. The third kappa shape index (κ3) is 3.20. The van der Waals surface area contributed by atoms with Crippen LogP contribution < -0.4 is 15.8 Å². The van der Waals surface area contributed by atoms with Gasteiger partial charge in [0.2, 0.25) is 5.88 Å². The Kier molecular flexibility index (Phi) is 3.46. The summed E-state index contributed by atoms with van der Waals surface area (Å²) in [5.41, 5.74) is 8.71. The average Bonchev–Trinajstić information content (AvgIpc) is 3.26. The highest BCUT2D eigenvalue weighted by atomic mass is 16.5. The van der Waals surface area contributed by atoms with Crippen LogP contribution in [0.25, 0.3) is 0 Å². The van der Waals surface area contributed by atoms with Gasteiger partial charge in [-0.3, -0.25) is 0 Å². The van der Waals surface area contributed by atoms with Crippen LogP contribution in [-0.4, -0.2) is 11.6 Å². The molecule has 1 aromatic carbocycles. The molecule has 0 atom stereocenters. The quantitative estimate of drug-likeness (QED) is 0.872. The molecule has 0 bridgehead atoms. The Hall–Kier alpha value is -2.23. The minimum absolute atomic E-state index is 0.522. The first-order valence-electron chi connectivity index (χ1n) is 6.94. The van der Waals surface area contributed by atoms with E-state index in [1.54, 1.807) is 0 Å². The molecule has 3 rings (SSSR count). The number of aryl methyl sites for hydroxylation is 1. The molecule has 4 nitrogen and oxygen atoms in total.